The van der Waals surface area contributed by atoms with Gasteiger partial charge in [-0.05, 0) is 5.56 Å². The molecule has 2 aliphatic rings. The van der Waals surface area contributed by atoms with E-state index in [1.165, 1.54) is 4.90 Å². The molecule has 6 nitrogen and oxygen atoms in total. The van der Waals surface area contributed by atoms with Crippen molar-refractivity contribution in [3.63, 3.8) is 0 Å². The van der Waals surface area contributed by atoms with Crippen LogP contribution in [0.4, 0.5) is 9.18 Å². The maximum absolute atomic E-state index is 14.0. The van der Waals surface area contributed by atoms with E-state index in [4.69, 9.17) is 5.11 Å². The molecule has 3 amide bonds. The second kappa shape index (κ2) is 7.39. The van der Waals surface area contributed by atoms with Gasteiger partial charge in [-0.25, -0.2) is 9.18 Å². The van der Waals surface area contributed by atoms with Crippen LogP contribution in [-0.4, -0.2) is 65.3 Å². The summed E-state index contributed by atoms with van der Waals surface area (Å²) >= 11 is 0. The van der Waals surface area contributed by atoms with Crippen molar-refractivity contribution in [2.24, 2.45) is 5.92 Å². The number of aliphatic hydroxyl groups is 1. The SMILES string of the molecule is O=C1CC(CNC(=O)N2CCC(F)(CO)C2)CN1Cc1ccccc1. The molecule has 0 aromatic heterocycles. The first-order chi connectivity index (χ1) is 12.0. The van der Waals surface area contributed by atoms with Gasteiger partial charge in [-0.2, -0.15) is 0 Å². The number of hydrogen-bond donors (Lipinski definition) is 2. The fraction of sp³-hybridized carbons (Fsp3) is 0.556. The Morgan fingerprint density at radius 3 is 2.80 bits per heavy atom. The second-order valence-electron chi connectivity index (χ2n) is 7.00. The van der Waals surface area contributed by atoms with Gasteiger partial charge in [-0.3, -0.25) is 4.79 Å². The van der Waals surface area contributed by atoms with Crippen LogP contribution < -0.4 is 5.32 Å². The zero-order chi connectivity index (χ0) is 17.9. The highest BCUT2D eigenvalue weighted by Crippen LogP contribution is 2.25. The molecule has 3 rings (SSSR count). The third-order valence-electron chi connectivity index (χ3n) is 4.93. The van der Waals surface area contributed by atoms with Crippen molar-refractivity contribution in [2.75, 3.05) is 32.8 Å². The third-order valence-corrected chi connectivity index (χ3v) is 4.93. The van der Waals surface area contributed by atoms with E-state index < -0.39 is 12.3 Å². The van der Waals surface area contributed by atoms with Gasteiger partial charge in [-0.1, -0.05) is 30.3 Å². The van der Waals surface area contributed by atoms with Crippen LogP contribution in [0.25, 0.3) is 0 Å². The molecule has 0 radical (unpaired) electrons. The Hall–Kier alpha value is -2.15. The number of rotatable bonds is 5. The lowest BCUT2D eigenvalue weighted by Crippen LogP contribution is -2.43. The van der Waals surface area contributed by atoms with E-state index in [1.807, 2.05) is 30.3 Å². The summed E-state index contributed by atoms with van der Waals surface area (Å²) in [7, 11) is 0. The molecule has 2 heterocycles. The van der Waals surface area contributed by atoms with Crippen LogP contribution in [0, 0.1) is 5.92 Å². The van der Waals surface area contributed by atoms with Crippen molar-refractivity contribution in [2.45, 2.75) is 25.1 Å². The lowest BCUT2D eigenvalue weighted by Gasteiger charge is -2.21. The summed E-state index contributed by atoms with van der Waals surface area (Å²) in [5.74, 6) is 0.156. The van der Waals surface area contributed by atoms with Crippen LogP contribution >= 0.6 is 0 Å². The fourth-order valence-electron chi connectivity index (χ4n) is 3.43. The summed E-state index contributed by atoms with van der Waals surface area (Å²) in [5, 5.41) is 11.8. The van der Waals surface area contributed by atoms with Crippen molar-refractivity contribution >= 4 is 11.9 Å². The van der Waals surface area contributed by atoms with Gasteiger partial charge in [0.2, 0.25) is 5.91 Å². The molecule has 7 heteroatoms. The Bertz CT molecular complexity index is 627. The van der Waals surface area contributed by atoms with Crippen LogP contribution in [0.5, 0.6) is 0 Å². The maximum Gasteiger partial charge on any atom is 0.317 e. The number of nitrogens with one attached hydrogen (secondary N) is 1. The molecule has 136 valence electrons. The van der Waals surface area contributed by atoms with Gasteiger partial charge in [-0.15, -0.1) is 0 Å². The molecule has 25 heavy (non-hydrogen) atoms. The van der Waals surface area contributed by atoms with Gasteiger partial charge >= 0.3 is 6.03 Å². The molecule has 2 saturated heterocycles. The first-order valence-electron chi connectivity index (χ1n) is 8.63. The summed E-state index contributed by atoms with van der Waals surface area (Å²) < 4.78 is 14.0. The lowest BCUT2D eigenvalue weighted by atomic mass is 10.1. The van der Waals surface area contributed by atoms with Gasteiger partial charge in [0.15, 0.2) is 5.67 Å². The molecule has 2 atom stereocenters. The fourth-order valence-corrected chi connectivity index (χ4v) is 3.43. The number of alkyl halides is 1. The van der Waals surface area contributed by atoms with Crippen molar-refractivity contribution < 1.29 is 19.1 Å². The molecule has 1 aromatic rings. The predicted octanol–water partition coefficient (Wildman–Crippen LogP) is 1.15. The summed E-state index contributed by atoms with van der Waals surface area (Å²) in [6.07, 6.45) is 0.570. The Kier molecular flexibility index (Phi) is 5.22. The minimum Gasteiger partial charge on any atom is -0.393 e. The number of hydrogen-bond acceptors (Lipinski definition) is 3. The van der Waals surface area contributed by atoms with Gasteiger partial charge in [0.1, 0.15) is 0 Å². The smallest absolute Gasteiger partial charge is 0.317 e. The number of aliphatic hydroxyl groups excluding tert-OH is 1. The summed E-state index contributed by atoms with van der Waals surface area (Å²) in [6.45, 7) is 1.23. The van der Waals surface area contributed by atoms with Crippen LogP contribution in [0.3, 0.4) is 0 Å². The molecular formula is C18H24FN3O3. The van der Waals surface area contributed by atoms with Crippen LogP contribution in [0.15, 0.2) is 30.3 Å². The predicted molar refractivity (Wildman–Crippen MR) is 90.5 cm³/mol. The normalized spacial score (nSPS) is 26.3. The molecular weight excluding hydrogens is 325 g/mol. The van der Waals surface area contributed by atoms with E-state index in [-0.39, 0.29) is 30.8 Å². The van der Waals surface area contributed by atoms with E-state index >= 15 is 0 Å². The molecule has 2 aliphatic heterocycles. The van der Waals surface area contributed by atoms with Crippen molar-refractivity contribution in [1.82, 2.24) is 15.1 Å². The number of nitrogens with zero attached hydrogens (tertiary/aromatic N) is 2. The van der Waals surface area contributed by atoms with Crippen molar-refractivity contribution in [3.8, 4) is 0 Å². The zero-order valence-corrected chi connectivity index (χ0v) is 14.2. The Morgan fingerprint density at radius 2 is 2.12 bits per heavy atom. The van der Waals surface area contributed by atoms with Crippen molar-refractivity contribution in [3.05, 3.63) is 35.9 Å². The standard InChI is InChI=1S/C18H24FN3O3/c19-18(13-23)6-7-21(12-18)17(25)20-9-15-8-16(24)22(11-15)10-14-4-2-1-3-5-14/h1-5,15,23H,6-13H2,(H,20,25). The van der Waals surface area contributed by atoms with E-state index in [2.05, 4.69) is 5.32 Å². The molecule has 2 N–H and O–H groups in total. The average Bonchev–Trinajstić information content (AvgIpc) is 3.18. The first-order valence-corrected chi connectivity index (χ1v) is 8.63. The number of urea groups is 1. The minimum atomic E-state index is -1.69. The van der Waals surface area contributed by atoms with Gasteiger partial charge in [0.05, 0.1) is 13.2 Å². The highest BCUT2D eigenvalue weighted by Gasteiger charge is 2.40. The van der Waals surface area contributed by atoms with Crippen LogP contribution in [0.1, 0.15) is 18.4 Å². The minimum absolute atomic E-state index is 0.0655. The molecule has 2 fully saturated rings. The number of carbonyl (C=O) groups excluding carboxylic acids is 2. The maximum atomic E-state index is 14.0. The monoisotopic (exact) mass is 349 g/mol. The summed E-state index contributed by atoms with van der Waals surface area (Å²) in [6, 6.07) is 9.47. The van der Waals surface area contributed by atoms with Gasteiger partial charge in [0, 0.05) is 44.9 Å². The molecule has 1 aromatic carbocycles. The Balaban J connectivity index is 1.45. The molecule has 0 aliphatic carbocycles. The van der Waals surface area contributed by atoms with Gasteiger partial charge in [0.25, 0.3) is 0 Å². The first kappa shape index (κ1) is 17.7. The number of likely N-dealkylation sites (tertiary alicyclic amines) is 2. The largest absolute Gasteiger partial charge is 0.393 e. The van der Waals surface area contributed by atoms with Crippen molar-refractivity contribution in [1.29, 1.82) is 0 Å². The Morgan fingerprint density at radius 1 is 1.36 bits per heavy atom. The summed E-state index contributed by atoms with van der Waals surface area (Å²) in [4.78, 5) is 27.5. The topological polar surface area (TPSA) is 72.9 Å². The highest BCUT2D eigenvalue weighted by atomic mass is 19.1. The quantitative estimate of drug-likeness (QED) is 0.838. The molecule has 0 spiro atoms. The molecule has 2 unspecified atom stereocenters. The zero-order valence-electron chi connectivity index (χ0n) is 14.2. The van der Waals surface area contributed by atoms with Gasteiger partial charge < -0.3 is 20.2 Å². The second-order valence-corrected chi connectivity index (χ2v) is 7.00. The number of halogens is 1. The highest BCUT2D eigenvalue weighted by molar-refractivity contribution is 5.79. The average molecular weight is 349 g/mol. The number of carbonyl (C=O) groups is 2. The third kappa shape index (κ3) is 4.28. The number of amides is 3. The Labute approximate surface area is 146 Å². The van der Waals surface area contributed by atoms with E-state index in [0.717, 1.165) is 5.56 Å². The van der Waals surface area contributed by atoms with Crippen LogP contribution in [-0.2, 0) is 11.3 Å². The molecule has 0 bridgehead atoms. The number of benzene rings is 1. The summed E-state index contributed by atoms with van der Waals surface area (Å²) in [5.41, 5.74) is -0.603. The van der Waals surface area contributed by atoms with E-state index in [1.54, 1.807) is 4.90 Å². The van der Waals surface area contributed by atoms with E-state index in [0.29, 0.717) is 32.6 Å². The lowest BCUT2D eigenvalue weighted by molar-refractivity contribution is -0.128. The van der Waals surface area contributed by atoms with E-state index in [9.17, 15) is 14.0 Å². The van der Waals surface area contributed by atoms with Crippen LogP contribution in [0.2, 0.25) is 0 Å². The molecule has 0 saturated carbocycles.